The van der Waals surface area contributed by atoms with Gasteiger partial charge in [-0.3, -0.25) is 9.59 Å². The van der Waals surface area contributed by atoms with Crippen molar-refractivity contribution in [2.24, 2.45) is 11.3 Å². The van der Waals surface area contributed by atoms with Crippen LogP contribution in [0.3, 0.4) is 0 Å². The van der Waals surface area contributed by atoms with Crippen LogP contribution in [0.2, 0.25) is 0 Å². The van der Waals surface area contributed by atoms with Gasteiger partial charge in [0.2, 0.25) is 11.8 Å². The first kappa shape index (κ1) is 15.4. The number of amides is 2. The maximum atomic E-state index is 12.7. The molecule has 1 aromatic carbocycles. The van der Waals surface area contributed by atoms with Crippen LogP contribution in [0, 0.1) is 11.3 Å². The van der Waals surface area contributed by atoms with Crippen molar-refractivity contribution in [2.45, 2.75) is 56.4 Å². The van der Waals surface area contributed by atoms with Crippen LogP contribution >= 0.6 is 0 Å². The van der Waals surface area contributed by atoms with Gasteiger partial charge in [-0.25, -0.2) is 0 Å². The van der Waals surface area contributed by atoms with Crippen molar-refractivity contribution in [3.8, 4) is 0 Å². The zero-order valence-electron chi connectivity index (χ0n) is 14.7. The van der Waals surface area contributed by atoms with Crippen LogP contribution < -0.4 is 5.32 Å². The number of nitrogens with one attached hydrogen (secondary N) is 1. The molecule has 4 fully saturated rings. The maximum absolute atomic E-state index is 12.7. The first-order valence-corrected chi connectivity index (χ1v) is 9.71. The molecular weight excluding hydrogens is 312 g/mol. The first-order chi connectivity index (χ1) is 12.1. The van der Waals surface area contributed by atoms with E-state index in [4.69, 9.17) is 0 Å². The smallest absolute Gasteiger partial charge is 0.225 e. The Bertz CT molecular complexity index is 702. The molecule has 4 aliphatic rings. The monoisotopic (exact) mass is 338 g/mol. The maximum Gasteiger partial charge on any atom is 0.225 e. The molecule has 25 heavy (non-hydrogen) atoms. The Morgan fingerprint density at radius 3 is 2.52 bits per heavy atom. The van der Waals surface area contributed by atoms with Crippen LogP contribution in [-0.2, 0) is 9.59 Å². The topological polar surface area (TPSA) is 49.4 Å². The summed E-state index contributed by atoms with van der Waals surface area (Å²) in [6.07, 6.45) is 6.99. The van der Waals surface area contributed by atoms with Gasteiger partial charge in [0, 0.05) is 36.4 Å². The van der Waals surface area contributed by atoms with Gasteiger partial charge in [-0.05, 0) is 50.0 Å². The molecular formula is C21H26N2O2. The third-order valence-corrected chi connectivity index (χ3v) is 7.20. The van der Waals surface area contributed by atoms with E-state index in [0.717, 1.165) is 32.4 Å². The molecule has 2 saturated carbocycles. The van der Waals surface area contributed by atoms with E-state index in [-0.39, 0.29) is 17.4 Å². The summed E-state index contributed by atoms with van der Waals surface area (Å²) in [7, 11) is 0. The molecule has 132 valence electrons. The molecule has 2 heterocycles. The van der Waals surface area contributed by atoms with E-state index in [1.807, 2.05) is 0 Å². The largest absolute Gasteiger partial charge is 0.351 e. The van der Waals surface area contributed by atoms with Crippen LogP contribution in [0.4, 0.5) is 0 Å². The summed E-state index contributed by atoms with van der Waals surface area (Å²) in [5.41, 5.74) is 1.80. The SMILES string of the molecule is O=C1CCC2(CC(C(=O)N3CC4(CC[C@@H](c5ccccc5)C4)C3)C2)N1. The lowest BCUT2D eigenvalue weighted by molar-refractivity contribution is -0.153. The number of carbonyl (C=O) groups excluding carboxylic acids is 2. The molecule has 1 atom stereocenters. The lowest BCUT2D eigenvalue weighted by Crippen LogP contribution is -2.63. The Kier molecular flexibility index (Phi) is 3.28. The first-order valence-electron chi connectivity index (χ1n) is 9.71. The number of benzene rings is 1. The highest BCUT2D eigenvalue weighted by Crippen LogP contribution is 2.53. The van der Waals surface area contributed by atoms with E-state index < -0.39 is 0 Å². The highest BCUT2D eigenvalue weighted by atomic mass is 16.2. The van der Waals surface area contributed by atoms with Gasteiger partial charge in [0.25, 0.3) is 0 Å². The normalized spacial score (nSPS) is 35.5. The van der Waals surface area contributed by atoms with Gasteiger partial charge < -0.3 is 10.2 Å². The van der Waals surface area contributed by atoms with Crippen molar-refractivity contribution in [2.75, 3.05) is 13.1 Å². The minimum absolute atomic E-state index is 0.0360. The Hall–Kier alpha value is -1.84. The quantitative estimate of drug-likeness (QED) is 0.901. The van der Waals surface area contributed by atoms with Crippen LogP contribution in [-0.4, -0.2) is 35.3 Å². The number of carbonyl (C=O) groups is 2. The third kappa shape index (κ3) is 2.49. The molecule has 2 aliphatic carbocycles. The number of hydrogen-bond acceptors (Lipinski definition) is 2. The van der Waals surface area contributed by atoms with Gasteiger partial charge in [0.1, 0.15) is 0 Å². The summed E-state index contributed by atoms with van der Waals surface area (Å²) >= 11 is 0. The minimum Gasteiger partial charge on any atom is -0.351 e. The molecule has 4 nitrogen and oxygen atoms in total. The van der Waals surface area contributed by atoms with Crippen molar-refractivity contribution in [3.05, 3.63) is 35.9 Å². The van der Waals surface area contributed by atoms with Gasteiger partial charge >= 0.3 is 0 Å². The lowest BCUT2D eigenvalue weighted by atomic mass is 9.66. The zero-order valence-corrected chi connectivity index (χ0v) is 14.7. The third-order valence-electron chi connectivity index (χ3n) is 7.20. The molecule has 2 saturated heterocycles. The van der Waals surface area contributed by atoms with Gasteiger partial charge in [-0.1, -0.05) is 30.3 Å². The molecule has 1 aromatic rings. The highest BCUT2D eigenvalue weighted by molar-refractivity contribution is 5.84. The molecule has 2 amide bonds. The van der Waals surface area contributed by atoms with E-state index in [0.29, 0.717) is 23.7 Å². The van der Waals surface area contributed by atoms with Crippen LogP contribution in [0.5, 0.6) is 0 Å². The van der Waals surface area contributed by atoms with E-state index in [1.54, 1.807) is 0 Å². The molecule has 0 unspecified atom stereocenters. The Morgan fingerprint density at radius 2 is 1.84 bits per heavy atom. The number of rotatable bonds is 2. The predicted molar refractivity (Wildman–Crippen MR) is 94.9 cm³/mol. The van der Waals surface area contributed by atoms with Crippen LogP contribution in [0.1, 0.15) is 56.4 Å². The molecule has 4 heteroatoms. The lowest BCUT2D eigenvalue weighted by Gasteiger charge is -2.53. The summed E-state index contributed by atoms with van der Waals surface area (Å²) in [6, 6.07) is 10.8. The molecule has 0 aromatic heterocycles. The van der Waals surface area contributed by atoms with E-state index in [2.05, 4.69) is 40.5 Å². The van der Waals surface area contributed by atoms with Gasteiger partial charge in [0.15, 0.2) is 0 Å². The average Bonchev–Trinajstić information content (AvgIpc) is 3.17. The van der Waals surface area contributed by atoms with Crippen molar-refractivity contribution < 1.29 is 9.59 Å². The van der Waals surface area contributed by atoms with Crippen LogP contribution in [0.15, 0.2) is 30.3 Å². The van der Waals surface area contributed by atoms with Gasteiger partial charge in [-0.2, -0.15) is 0 Å². The summed E-state index contributed by atoms with van der Waals surface area (Å²) < 4.78 is 0. The fourth-order valence-corrected chi connectivity index (χ4v) is 5.82. The Morgan fingerprint density at radius 1 is 1.08 bits per heavy atom. The molecule has 0 radical (unpaired) electrons. The molecule has 5 rings (SSSR count). The number of likely N-dealkylation sites (tertiary alicyclic amines) is 1. The van der Waals surface area contributed by atoms with Gasteiger partial charge in [-0.15, -0.1) is 0 Å². The zero-order chi connectivity index (χ0) is 17.1. The van der Waals surface area contributed by atoms with Crippen molar-refractivity contribution in [1.82, 2.24) is 10.2 Å². The molecule has 2 spiro atoms. The summed E-state index contributed by atoms with van der Waals surface area (Å²) in [4.78, 5) is 26.3. The van der Waals surface area contributed by atoms with E-state index in [1.165, 1.54) is 24.8 Å². The predicted octanol–water partition coefficient (Wildman–Crippen LogP) is 2.84. The summed E-state index contributed by atoms with van der Waals surface area (Å²) in [6.45, 7) is 1.90. The van der Waals surface area contributed by atoms with Crippen molar-refractivity contribution >= 4 is 11.8 Å². The Balaban J connectivity index is 1.15. The number of nitrogens with zero attached hydrogens (tertiary/aromatic N) is 1. The van der Waals surface area contributed by atoms with E-state index >= 15 is 0 Å². The fourth-order valence-electron chi connectivity index (χ4n) is 5.82. The minimum atomic E-state index is -0.0360. The summed E-state index contributed by atoms with van der Waals surface area (Å²) in [5, 5.41) is 3.09. The van der Waals surface area contributed by atoms with Crippen LogP contribution in [0.25, 0.3) is 0 Å². The van der Waals surface area contributed by atoms with Gasteiger partial charge in [0.05, 0.1) is 0 Å². The van der Waals surface area contributed by atoms with E-state index in [9.17, 15) is 9.59 Å². The highest BCUT2D eigenvalue weighted by Gasteiger charge is 2.55. The van der Waals surface area contributed by atoms with Crippen molar-refractivity contribution in [1.29, 1.82) is 0 Å². The summed E-state index contributed by atoms with van der Waals surface area (Å²) in [5.74, 6) is 1.30. The Labute approximate surface area is 149 Å². The standard InChI is InChI=1S/C21H26N2O2/c24-18-7-9-21(22-18)11-17(12-21)19(25)23-13-20(14-23)8-6-16(10-20)15-4-2-1-3-5-15/h1-5,16-17H,6-14H2,(H,22,24)/t16-,17?,21?/m1/s1. The fraction of sp³-hybridized carbons (Fsp3) is 0.619. The van der Waals surface area contributed by atoms with Crippen molar-refractivity contribution in [3.63, 3.8) is 0 Å². The molecule has 1 N–H and O–H groups in total. The molecule has 2 aliphatic heterocycles. The molecule has 0 bridgehead atoms. The second kappa shape index (κ2) is 5.33. The number of hydrogen-bond donors (Lipinski definition) is 1. The average molecular weight is 338 g/mol. The second-order valence-corrected chi connectivity index (χ2v) is 8.98. The second-order valence-electron chi connectivity index (χ2n) is 8.98.